The molecule has 1 aromatic rings. The summed E-state index contributed by atoms with van der Waals surface area (Å²) in [6.07, 6.45) is 0.769. The molecule has 0 spiro atoms. The lowest BCUT2D eigenvalue weighted by molar-refractivity contribution is -0.134. The zero-order valence-electron chi connectivity index (χ0n) is 11.8. The largest absolute Gasteiger partial charge is 0.383 e. The fourth-order valence-electron chi connectivity index (χ4n) is 2.46. The van der Waals surface area contributed by atoms with E-state index in [1.165, 1.54) is 5.56 Å². The average Bonchev–Trinajstić information content (AvgIpc) is 2.82. The van der Waals surface area contributed by atoms with E-state index < -0.39 is 0 Å². The molecule has 1 aliphatic rings. The van der Waals surface area contributed by atoms with Gasteiger partial charge in [0.1, 0.15) is 6.04 Å². The number of nitrogens with one attached hydrogen (secondary N) is 1. The Hall–Kier alpha value is -1.55. The van der Waals surface area contributed by atoms with Crippen LogP contribution in [0.3, 0.4) is 0 Å². The minimum atomic E-state index is -0.142. The molecule has 0 fully saturated rings. The van der Waals surface area contributed by atoms with Gasteiger partial charge in [-0.15, -0.1) is 0 Å². The number of methoxy groups -OCH3 is 1. The van der Waals surface area contributed by atoms with E-state index in [-0.39, 0.29) is 18.0 Å². The molecule has 1 N–H and O–H groups in total. The van der Waals surface area contributed by atoms with Gasteiger partial charge in [-0.2, -0.15) is 0 Å². The van der Waals surface area contributed by atoms with Crippen molar-refractivity contribution < 1.29 is 9.53 Å². The first-order valence-electron chi connectivity index (χ1n) is 6.77. The molecular formula is C15H22N2O2. The van der Waals surface area contributed by atoms with E-state index in [0.717, 1.165) is 12.1 Å². The fourth-order valence-corrected chi connectivity index (χ4v) is 2.46. The standard InChI is InChI=1S/C15H22N2O2/c1-11(2)17(8-9-19-3)15(18)14-10-12-6-4-5-7-13(12)16-14/h4-7,11,14,16H,8-10H2,1-3H3/t14-/m0/s1. The number of carbonyl (C=O) groups excluding carboxylic acids is 1. The van der Waals surface area contributed by atoms with E-state index in [2.05, 4.69) is 11.4 Å². The molecule has 0 bridgehead atoms. The van der Waals surface area contributed by atoms with Crippen LogP contribution in [-0.4, -0.2) is 43.2 Å². The lowest BCUT2D eigenvalue weighted by atomic mass is 10.1. The van der Waals surface area contributed by atoms with Crippen LogP contribution in [0.25, 0.3) is 0 Å². The molecule has 4 heteroatoms. The van der Waals surface area contributed by atoms with Crippen molar-refractivity contribution in [1.82, 2.24) is 4.90 Å². The summed E-state index contributed by atoms with van der Waals surface area (Å²) in [5, 5.41) is 3.31. The Balaban J connectivity index is 2.04. The molecule has 0 saturated carbocycles. The first kappa shape index (κ1) is 13.9. The number of rotatable bonds is 5. The average molecular weight is 262 g/mol. The van der Waals surface area contributed by atoms with Crippen LogP contribution in [0.1, 0.15) is 19.4 Å². The molecule has 19 heavy (non-hydrogen) atoms. The van der Waals surface area contributed by atoms with Crippen molar-refractivity contribution in [1.29, 1.82) is 0 Å². The summed E-state index contributed by atoms with van der Waals surface area (Å²) in [5.41, 5.74) is 2.30. The van der Waals surface area contributed by atoms with Gasteiger partial charge >= 0.3 is 0 Å². The molecule has 0 unspecified atom stereocenters. The van der Waals surface area contributed by atoms with Gasteiger partial charge in [0.2, 0.25) is 5.91 Å². The van der Waals surface area contributed by atoms with E-state index in [4.69, 9.17) is 4.74 Å². The Labute approximate surface area is 114 Å². The highest BCUT2D eigenvalue weighted by Gasteiger charge is 2.30. The molecule has 1 amide bonds. The maximum Gasteiger partial charge on any atom is 0.245 e. The Morgan fingerprint density at radius 2 is 2.21 bits per heavy atom. The van der Waals surface area contributed by atoms with Gasteiger partial charge in [0.15, 0.2) is 0 Å². The normalized spacial score (nSPS) is 17.2. The third kappa shape index (κ3) is 3.07. The number of fused-ring (bicyclic) bond motifs is 1. The highest BCUT2D eigenvalue weighted by atomic mass is 16.5. The van der Waals surface area contributed by atoms with Gasteiger partial charge in [-0.1, -0.05) is 18.2 Å². The summed E-state index contributed by atoms with van der Waals surface area (Å²) in [5.74, 6) is 0.156. The molecule has 4 nitrogen and oxygen atoms in total. The second-order valence-electron chi connectivity index (χ2n) is 5.18. The number of hydrogen-bond acceptors (Lipinski definition) is 3. The topological polar surface area (TPSA) is 41.6 Å². The minimum Gasteiger partial charge on any atom is -0.383 e. The zero-order valence-corrected chi connectivity index (χ0v) is 11.8. The predicted molar refractivity (Wildman–Crippen MR) is 76.3 cm³/mol. The van der Waals surface area contributed by atoms with Crippen LogP contribution in [0.15, 0.2) is 24.3 Å². The number of anilines is 1. The fraction of sp³-hybridized carbons (Fsp3) is 0.533. The minimum absolute atomic E-state index is 0.142. The van der Waals surface area contributed by atoms with Crippen molar-refractivity contribution >= 4 is 11.6 Å². The summed E-state index contributed by atoms with van der Waals surface area (Å²) >= 11 is 0. The Bertz CT molecular complexity index is 421. The smallest absolute Gasteiger partial charge is 0.245 e. The van der Waals surface area contributed by atoms with Crippen molar-refractivity contribution in [2.24, 2.45) is 0 Å². The van der Waals surface area contributed by atoms with Gasteiger partial charge in [-0.25, -0.2) is 0 Å². The Morgan fingerprint density at radius 1 is 1.47 bits per heavy atom. The SMILES string of the molecule is COCCN(C(=O)[C@@H]1Cc2ccccc2N1)C(C)C. The lowest BCUT2D eigenvalue weighted by Gasteiger charge is -2.29. The number of amides is 1. The summed E-state index contributed by atoms with van der Waals surface area (Å²) in [6, 6.07) is 8.15. The highest BCUT2D eigenvalue weighted by molar-refractivity contribution is 5.87. The molecule has 1 atom stereocenters. The van der Waals surface area contributed by atoms with Crippen molar-refractivity contribution in [2.45, 2.75) is 32.4 Å². The maximum absolute atomic E-state index is 12.6. The first-order chi connectivity index (χ1) is 9.13. The summed E-state index contributed by atoms with van der Waals surface area (Å²) in [6.45, 7) is 5.29. The number of hydrogen-bond donors (Lipinski definition) is 1. The molecule has 0 radical (unpaired) electrons. The quantitative estimate of drug-likeness (QED) is 0.881. The zero-order chi connectivity index (χ0) is 13.8. The third-order valence-electron chi connectivity index (χ3n) is 3.51. The van der Waals surface area contributed by atoms with Crippen molar-refractivity contribution in [2.75, 3.05) is 25.6 Å². The summed E-state index contributed by atoms with van der Waals surface area (Å²) in [4.78, 5) is 14.5. The van der Waals surface area contributed by atoms with Crippen molar-refractivity contribution in [3.63, 3.8) is 0 Å². The molecule has 0 aliphatic carbocycles. The Morgan fingerprint density at radius 3 is 2.84 bits per heavy atom. The van der Waals surface area contributed by atoms with Gasteiger partial charge in [-0.3, -0.25) is 4.79 Å². The Kier molecular flexibility index (Phi) is 4.43. The van der Waals surface area contributed by atoms with Gasteiger partial charge < -0.3 is 15.0 Å². The van der Waals surface area contributed by atoms with Crippen LogP contribution < -0.4 is 5.32 Å². The molecule has 1 aliphatic heterocycles. The molecular weight excluding hydrogens is 240 g/mol. The van der Waals surface area contributed by atoms with Gasteiger partial charge in [0.05, 0.1) is 6.61 Å². The molecule has 2 rings (SSSR count). The van der Waals surface area contributed by atoms with Crippen LogP contribution in [0.5, 0.6) is 0 Å². The lowest BCUT2D eigenvalue weighted by Crippen LogP contribution is -2.47. The van der Waals surface area contributed by atoms with E-state index >= 15 is 0 Å². The maximum atomic E-state index is 12.6. The molecule has 1 aromatic carbocycles. The summed E-state index contributed by atoms with van der Waals surface area (Å²) in [7, 11) is 1.66. The van der Waals surface area contributed by atoms with E-state index in [1.54, 1.807) is 7.11 Å². The molecule has 0 aromatic heterocycles. The van der Waals surface area contributed by atoms with Crippen LogP contribution in [0.4, 0.5) is 5.69 Å². The predicted octanol–water partition coefficient (Wildman–Crippen LogP) is 1.91. The van der Waals surface area contributed by atoms with Crippen LogP contribution in [0, 0.1) is 0 Å². The number of benzene rings is 1. The van der Waals surface area contributed by atoms with Crippen LogP contribution in [-0.2, 0) is 16.0 Å². The van der Waals surface area contributed by atoms with E-state index in [9.17, 15) is 4.79 Å². The second kappa shape index (κ2) is 6.06. The van der Waals surface area contributed by atoms with Crippen LogP contribution in [0.2, 0.25) is 0 Å². The monoisotopic (exact) mass is 262 g/mol. The van der Waals surface area contributed by atoms with E-state index in [0.29, 0.717) is 13.2 Å². The van der Waals surface area contributed by atoms with Gasteiger partial charge in [0.25, 0.3) is 0 Å². The van der Waals surface area contributed by atoms with E-state index in [1.807, 2.05) is 36.9 Å². The van der Waals surface area contributed by atoms with Crippen LogP contribution >= 0.6 is 0 Å². The van der Waals surface area contributed by atoms with Gasteiger partial charge in [-0.05, 0) is 25.5 Å². The number of ether oxygens (including phenoxy) is 1. The third-order valence-corrected chi connectivity index (χ3v) is 3.51. The second-order valence-corrected chi connectivity index (χ2v) is 5.18. The number of para-hydroxylation sites is 1. The van der Waals surface area contributed by atoms with Gasteiger partial charge in [0, 0.05) is 31.8 Å². The molecule has 0 saturated heterocycles. The first-order valence-corrected chi connectivity index (χ1v) is 6.77. The highest BCUT2D eigenvalue weighted by Crippen LogP contribution is 2.26. The molecule has 104 valence electrons. The number of carbonyl (C=O) groups is 1. The number of nitrogens with zero attached hydrogens (tertiary/aromatic N) is 1. The van der Waals surface area contributed by atoms with Crippen molar-refractivity contribution in [3.8, 4) is 0 Å². The summed E-state index contributed by atoms with van der Waals surface area (Å²) < 4.78 is 5.08. The molecule has 1 heterocycles. The van der Waals surface area contributed by atoms with Crippen molar-refractivity contribution in [3.05, 3.63) is 29.8 Å².